The second-order valence-electron chi connectivity index (χ2n) is 5.65. The van der Waals surface area contributed by atoms with Gasteiger partial charge < -0.3 is 14.8 Å². The summed E-state index contributed by atoms with van der Waals surface area (Å²) in [6.45, 7) is 3.80. The van der Waals surface area contributed by atoms with Gasteiger partial charge in [0, 0.05) is 56.2 Å². The lowest BCUT2D eigenvalue weighted by Crippen LogP contribution is -2.45. The third-order valence-corrected chi connectivity index (χ3v) is 4.31. The molecule has 1 aromatic carbocycles. The van der Waals surface area contributed by atoms with E-state index in [9.17, 15) is 0 Å². The number of benzene rings is 1. The molecule has 1 aliphatic rings. The van der Waals surface area contributed by atoms with E-state index in [0.29, 0.717) is 6.04 Å². The summed E-state index contributed by atoms with van der Waals surface area (Å²) >= 11 is 0. The third kappa shape index (κ3) is 3.63. The highest BCUT2D eigenvalue weighted by Crippen LogP contribution is 2.29. The van der Waals surface area contributed by atoms with Crippen molar-refractivity contribution in [1.29, 1.82) is 0 Å². The zero-order valence-corrected chi connectivity index (χ0v) is 13.7. The minimum atomic E-state index is 0.346. The zero-order valence-electron chi connectivity index (χ0n) is 13.7. The summed E-state index contributed by atoms with van der Waals surface area (Å²) in [6.07, 6.45) is 3.71. The molecule has 1 saturated heterocycles. The zero-order chi connectivity index (χ0) is 16.1. The number of piperazine rings is 1. The van der Waals surface area contributed by atoms with Gasteiger partial charge in [-0.05, 0) is 23.8 Å². The Kier molecular flexibility index (Phi) is 5.10. The summed E-state index contributed by atoms with van der Waals surface area (Å²) in [5.41, 5.74) is 2.47. The molecule has 0 aliphatic carbocycles. The van der Waals surface area contributed by atoms with Crippen LogP contribution < -0.4 is 14.8 Å². The Labute approximate surface area is 137 Å². The highest BCUT2D eigenvalue weighted by Gasteiger charge is 2.24. The van der Waals surface area contributed by atoms with E-state index < -0.39 is 0 Å². The Hall–Kier alpha value is -2.11. The average molecular weight is 313 g/mol. The van der Waals surface area contributed by atoms with Crippen LogP contribution in [0.1, 0.15) is 17.2 Å². The van der Waals surface area contributed by atoms with Crippen LogP contribution in [-0.2, 0) is 6.54 Å². The van der Waals surface area contributed by atoms with Crippen molar-refractivity contribution in [2.24, 2.45) is 0 Å². The standard InChI is InChI=1S/C18H23N3O2/c1-22-16-4-3-15(18(11-16)23-2)13-21-10-9-20-12-17(21)14-5-7-19-8-6-14/h3-8,11,17,20H,9-10,12-13H2,1-2H3. The van der Waals surface area contributed by atoms with Crippen LogP contribution in [0.2, 0.25) is 0 Å². The van der Waals surface area contributed by atoms with Crippen molar-refractivity contribution >= 4 is 0 Å². The molecule has 1 unspecified atom stereocenters. The molecule has 1 atom stereocenters. The molecule has 3 rings (SSSR count). The Bertz CT molecular complexity index is 633. The van der Waals surface area contributed by atoms with Crippen LogP contribution in [0.25, 0.3) is 0 Å². The first-order chi connectivity index (χ1) is 11.3. The van der Waals surface area contributed by atoms with Crippen LogP contribution in [0.5, 0.6) is 11.5 Å². The van der Waals surface area contributed by atoms with Gasteiger partial charge in [0.05, 0.1) is 14.2 Å². The molecule has 5 nitrogen and oxygen atoms in total. The minimum absolute atomic E-state index is 0.346. The lowest BCUT2D eigenvalue weighted by Gasteiger charge is -2.36. The SMILES string of the molecule is COc1ccc(CN2CCNCC2c2ccncc2)c(OC)c1. The fourth-order valence-corrected chi connectivity index (χ4v) is 3.05. The largest absolute Gasteiger partial charge is 0.497 e. The van der Waals surface area contributed by atoms with Gasteiger partial charge in [-0.25, -0.2) is 0 Å². The molecule has 0 saturated carbocycles. The maximum Gasteiger partial charge on any atom is 0.127 e. The summed E-state index contributed by atoms with van der Waals surface area (Å²) < 4.78 is 10.8. The van der Waals surface area contributed by atoms with Gasteiger partial charge in [0.25, 0.3) is 0 Å². The van der Waals surface area contributed by atoms with Gasteiger partial charge in [0.2, 0.25) is 0 Å². The normalized spacial score (nSPS) is 18.6. The average Bonchev–Trinajstić information content (AvgIpc) is 2.63. The molecule has 2 heterocycles. The van der Waals surface area contributed by atoms with E-state index in [1.165, 1.54) is 11.1 Å². The van der Waals surface area contributed by atoms with Gasteiger partial charge in [-0.15, -0.1) is 0 Å². The molecule has 1 aliphatic heterocycles. The van der Waals surface area contributed by atoms with Gasteiger partial charge in [-0.2, -0.15) is 0 Å². The smallest absolute Gasteiger partial charge is 0.127 e. The van der Waals surface area contributed by atoms with Crippen molar-refractivity contribution in [3.05, 3.63) is 53.9 Å². The first-order valence-corrected chi connectivity index (χ1v) is 7.87. The molecule has 1 fully saturated rings. The number of methoxy groups -OCH3 is 2. The van der Waals surface area contributed by atoms with Gasteiger partial charge in [-0.3, -0.25) is 9.88 Å². The Morgan fingerprint density at radius 3 is 2.74 bits per heavy atom. The van der Waals surface area contributed by atoms with Crippen molar-refractivity contribution in [1.82, 2.24) is 15.2 Å². The highest BCUT2D eigenvalue weighted by molar-refractivity contribution is 5.40. The number of nitrogens with zero attached hydrogens (tertiary/aromatic N) is 2. The van der Waals surface area contributed by atoms with Crippen molar-refractivity contribution in [2.75, 3.05) is 33.9 Å². The maximum atomic E-state index is 5.54. The van der Waals surface area contributed by atoms with Crippen molar-refractivity contribution in [3.8, 4) is 11.5 Å². The summed E-state index contributed by atoms with van der Waals surface area (Å²) in [5.74, 6) is 1.69. The van der Waals surface area contributed by atoms with Crippen LogP contribution in [0, 0.1) is 0 Å². The van der Waals surface area contributed by atoms with Crippen LogP contribution in [0.15, 0.2) is 42.7 Å². The van der Waals surface area contributed by atoms with Gasteiger partial charge >= 0.3 is 0 Å². The lowest BCUT2D eigenvalue weighted by molar-refractivity contribution is 0.152. The molecule has 1 aromatic heterocycles. The predicted molar refractivity (Wildman–Crippen MR) is 89.8 cm³/mol. The van der Waals surface area contributed by atoms with Crippen molar-refractivity contribution in [3.63, 3.8) is 0 Å². The van der Waals surface area contributed by atoms with Crippen molar-refractivity contribution in [2.45, 2.75) is 12.6 Å². The Morgan fingerprint density at radius 2 is 2.00 bits per heavy atom. The number of rotatable bonds is 5. The summed E-state index contributed by atoms with van der Waals surface area (Å²) in [7, 11) is 3.38. The third-order valence-electron chi connectivity index (χ3n) is 4.31. The first kappa shape index (κ1) is 15.8. The van der Waals surface area contributed by atoms with Crippen LogP contribution in [-0.4, -0.2) is 43.7 Å². The first-order valence-electron chi connectivity index (χ1n) is 7.87. The van der Waals surface area contributed by atoms with E-state index >= 15 is 0 Å². The number of hydrogen-bond acceptors (Lipinski definition) is 5. The molecule has 2 aromatic rings. The van der Waals surface area contributed by atoms with Crippen LogP contribution >= 0.6 is 0 Å². The highest BCUT2D eigenvalue weighted by atomic mass is 16.5. The summed E-state index contributed by atoms with van der Waals surface area (Å²) in [5, 5.41) is 3.48. The fraction of sp³-hybridized carbons (Fsp3) is 0.389. The molecule has 0 bridgehead atoms. The second kappa shape index (κ2) is 7.44. The quantitative estimate of drug-likeness (QED) is 0.917. The van der Waals surface area contributed by atoms with E-state index in [-0.39, 0.29) is 0 Å². The Morgan fingerprint density at radius 1 is 1.17 bits per heavy atom. The summed E-state index contributed by atoms with van der Waals surface area (Å²) in [6, 6.07) is 10.5. The number of hydrogen-bond donors (Lipinski definition) is 1. The molecular weight excluding hydrogens is 290 g/mol. The minimum Gasteiger partial charge on any atom is -0.497 e. The number of pyridine rings is 1. The molecule has 23 heavy (non-hydrogen) atoms. The number of aromatic nitrogens is 1. The van der Waals surface area contributed by atoms with E-state index in [2.05, 4.69) is 33.4 Å². The topological polar surface area (TPSA) is 46.6 Å². The lowest BCUT2D eigenvalue weighted by atomic mass is 10.0. The van der Waals surface area contributed by atoms with Crippen LogP contribution in [0.4, 0.5) is 0 Å². The molecule has 122 valence electrons. The van der Waals surface area contributed by atoms with Gasteiger partial charge in [0.1, 0.15) is 11.5 Å². The van der Waals surface area contributed by atoms with E-state index in [0.717, 1.165) is 37.7 Å². The number of ether oxygens (including phenoxy) is 2. The predicted octanol–water partition coefficient (Wildman–Crippen LogP) is 2.25. The van der Waals surface area contributed by atoms with Crippen LogP contribution in [0.3, 0.4) is 0 Å². The second-order valence-corrected chi connectivity index (χ2v) is 5.65. The van der Waals surface area contributed by atoms with Crippen molar-refractivity contribution < 1.29 is 9.47 Å². The summed E-state index contributed by atoms with van der Waals surface area (Å²) in [4.78, 5) is 6.61. The maximum absolute atomic E-state index is 5.54. The monoisotopic (exact) mass is 313 g/mol. The molecule has 5 heteroatoms. The molecule has 1 N–H and O–H groups in total. The Balaban J connectivity index is 1.82. The van der Waals surface area contributed by atoms with Gasteiger partial charge in [0.15, 0.2) is 0 Å². The molecular formula is C18H23N3O2. The van der Waals surface area contributed by atoms with E-state index in [1.54, 1.807) is 14.2 Å². The fourth-order valence-electron chi connectivity index (χ4n) is 3.05. The molecule has 0 amide bonds. The van der Waals surface area contributed by atoms with Gasteiger partial charge in [-0.1, -0.05) is 6.07 Å². The van der Waals surface area contributed by atoms with E-state index in [1.807, 2.05) is 24.5 Å². The van der Waals surface area contributed by atoms with E-state index in [4.69, 9.17) is 9.47 Å². The number of nitrogens with one attached hydrogen (secondary N) is 1. The molecule has 0 spiro atoms. The molecule has 0 radical (unpaired) electrons.